The van der Waals surface area contributed by atoms with Gasteiger partial charge >= 0.3 is 6.09 Å². The van der Waals surface area contributed by atoms with Gasteiger partial charge in [-0.2, -0.15) is 0 Å². The van der Waals surface area contributed by atoms with Crippen molar-refractivity contribution in [2.45, 2.75) is 83.0 Å². The molecule has 0 aromatic heterocycles. The smallest absolute Gasteiger partial charge is 0.410 e. The summed E-state index contributed by atoms with van der Waals surface area (Å²) in [5, 5.41) is 9.71. The molecule has 1 aromatic rings. The minimum atomic E-state index is -0.345. The van der Waals surface area contributed by atoms with Crippen molar-refractivity contribution in [3.05, 3.63) is 35.4 Å². The Balaban J connectivity index is 1.67. The van der Waals surface area contributed by atoms with E-state index in [4.69, 9.17) is 4.74 Å². The van der Waals surface area contributed by atoms with Gasteiger partial charge in [0.2, 0.25) is 0 Å². The highest BCUT2D eigenvalue weighted by molar-refractivity contribution is 5.69. The zero-order valence-corrected chi connectivity index (χ0v) is 15.9. The third-order valence-electron chi connectivity index (χ3n) is 5.94. The number of benzene rings is 1. The van der Waals surface area contributed by atoms with E-state index in [1.165, 1.54) is 5.56 Å². The van der Waals surface area contributed by atoms with Gasteiger partial charge in [0.15, 0.2) is 0 Å². The van der Waals surface area contributed by atoms with E-state index >= 15 is 0 Å². The van der Waals surface area contributed by atoms with Gasteiger partial charge in [0, 0.05) is 13.0 Å². The summed E-state index contributed by atoms with van der Waals surface area (Å²) in [4.78, 5) is 14.5. The van der Waals surface area contributed by atoms with Crippen LogP contribution < -0.4 is 0 Å². The topological polar surface area (TPSA) is 49.8 Å². The van der Waals surface area contributed by atoms with Crippen LogP contribution in [0.1, 0.15) is 77.0 Å². The number of hydrogen-bond donors (Lipinski definition) is 1. The first-order chi connectivity index (χ1) is 11.7. The number of aliphatic hydroxyl groups excluding tert-OH is 1. The quantitative estimate of drug-likeness (QED) is 0.855. The number of amides is 1. The summed E-state index contributed by atoms with van der Waals surface area (Å²) >= 11 is 0. The molecule has 1 atom stereocenters. The Morgan fingerprint density at radius 3 is 2.28 bits per heavy atom. The SMILES string of the molecule is C[C@@H](c1ccc(C(C)(C)C)cc1)N1CCC2(CCC(O)CC2)OC1=O. The summed E-state index contributed by atoms with van der Waals surface area (Å²) in [6.07, 6.45) is 3.44. The fourth-order valence-corrected chi connectivity index (χ4v) is 3.98. The van der Waals surface area contributed by atoms with Crippen molar-refractivity contribution in [3.63, 3.8) is 0 Å². The summed E-state index contributed by atoms with van der Waals surface area (Å²) in [6, 6.07) is 8.57. The molecular formula is C21H31NO3. The number of aliphatic hydroxyl groups is 1. The lowest BCUT2D eigenvalue weighted by Gasteiger charge is -2.45. The lowest BCUT2D eigenvalue weighted by Crippen LogP contribution is -2.52. The van der Waals surface area contributed by atoms with Crippen LogP contribution in [0.4, 0.5) is 4.79 Å². The second kappa shape index (κ2) is 6.64. The van der Waals surface area contributed by atoms with Gasteiger partial charge in [0.1, 0.15) is 5.60 Å². The summed E-state index contributed by atoms with van der Waals surface area (Å²) in [7, 11) is 0. The molecule has 1 aliphatic carbocycles. The van der Waals surface area contributed by atoms with Crippen molar-refractivity contribution >= 4 is 6.09 Å². The third-order valence-corrected chi connectivity index (χ3v) is 5.94. The van der Waals surface area contributed by atoms with Crippen LogP contribution >= 0.6 is 0 Å². The number of nitrogens with zero attached hydrogens (tertiary/aromatic N) is 1. The van der Waals surface area contributed by atoms with Crippen LogP contribution in [-0.4, -0.2) is 34.3 Å². The molecule has 1 amide bonds. The molecular weight excluding hydrogens is 314 g/mol. The van der Waals surface area contributed by atoms with Crippen molar-refractivity contribution < 1.29 is 14.6 Å². The summed E-state index contributed by atoms with van der Waals surface area (Å²) in [5.41, 5.74) is 2.22. The zero-order valence-electron chi connectivity index (χ0n) is 15.9. The van der Waals surface area contributed by atoms with Crippen molar-refractivity contribution in [2.24, 2.45) is 0 Å². The van der Waals surface area contributed by atoms with Crippen molar-refractivity contribution in [1.29, 1.82) is 0 Å². The molecule has 0 unspecified atom stereocenters. The van der Waals surface area contributed by atoms with Gasteiger partial charge in [-0.3, -0.25) is 0 Å². The van der Waals surface area contributed by atoms with Gasteiger partial charge in [0.25, 0.3) is 0 Å². The second-order valence-electron chi connectivity index (χ2n) is 8.77. The number of ether oxygens (including phenoxy) is 1. The van der Waals surface area contributed by atoms with Crippen molar-refractivity contribution in [3.8, 4) is 0 Å². The molecule has 4 nitrogen and oxygen atoms in total. The Morgan fingerprint density at radius 2 is 1.76 bits per heavy atom. The lowest BCUT2D eigenvalue weighted by molar-refractivity contribution is -0.0908. The Hall–Kier alpha value is -1.55. The predicted molar refractivity (Wildman–Crippen MR) is 98.6 cm³/mol. The first-order valence-electron chi connectivity index (χ1n) is 9.48. The number of carbonyl (C=O) groups is 1. The fraction of sp³-hybridized carbons (Fsp3) is 0.667. The van der Waals surface area contributed by atoms with Gasteiger partial charge in [0.05, 0.1) is 12.1 Å². The Kier molecular flexibility index (Phi) is 4.84. The van der Waals surface area contributed by atoms with Crippen molar-refractivity contribution in [1.82, 2.24) is 4.90 Å². The number of carbonyl (C=O) groups excluding carboxylic acids is 1. The second-order valence-corrected chi connectivity index (χ2v) is 8.77. The van der Waals surface area contributed by atoms with Gasteiger partial charge < -0.3 is 14.7 Å². The first-order valence-corrected chi connectivity index (χ1v) is 9.48. The minimum Gasteiger partial charge on any atom is -0.443 e. The molecule has 0 bridgehead atoms. The van der Waals surface area contributed by atoms with E-state index in [2.05, 4.69) is 52.0 Å². The minimum absolute atomic E-state index is 0.00745. The maximum Gasteiger partial charge on any atom is 0.410 e. The van der Waals surface area contributed by atoms with Crippen LogP contribution in [0.3, 0.4) is 0 Å². The highest BCUT2D eigenvalue weighted by Crippen LogP contribution is 2.39. The molecule has 2 fully saturated rings. The van der Waals surface area contributed by atoms with Crippen LogP contribution in [-0.2, 0) is 10.2 Å². The number of hydrogen-bond acceptors (Lipinski definition) is 3. The molecule has 1 N–H and O–H groups in total. The standard InChI is InChI=1S/C21H31NO3/c1-15(16-5-7-17(8-6-16)20(2,3)4)22-14-13-21(25-19(22)24)11-9-18(23)10-12-21/h5-8,15,18,23H,9-14H2,1-4H3/t15-,18?,21?/m0/s1. The summed E-state index contributed by atoms with van der Waals surface area (Å²) in [5.74, 6) is 0. The maximum atomic E-state index is 12.6. The van der Waals surface area contributed by atoms with Crippen LogP contribution in [0.15, 0.2) is 24.3 Å². The lowest BCUT2D eigenvalue weighted by atomic mass is 9.80. The molecule has 2 aliphatic rings. The van der Waals surface area contributed by atoms with Gasteiger partial charge in [-0.05, 0) is 49.1 Å². The molecule has 1 aliphatic heterocycles. The van der Waals surface area contributed by atoms with E-state index in [1.807, 2.05) is 4.90 Å². The van der Waals surface area contributed by atoms with Crippen LogP contribution in [0.5, 0.6) is 0 Å². The Labute approximate surface area is 151 Å². The van der Waals surface area contributed by atoms with E-state index < -0.39 is 0 Å². The Morgan fingerprint density at radius 1 is 1.16 bits per heavy atom. The molecule has 138 valence electrons. The highest BCUT2D eigenvalue weighted by atomic mass is 16.6. The molecule has 0 radical (unpaired) electrons. The fourth-order valence-electron chi connectivity index (χ4n) is 3.98. The van der Waals surface area contributed by atoms with E-state index in [9.17, 15) is 9.90 Å². The van der Waals surface area contributed by atoms with Crippen molar-refractivity contribution in [2.75, 3.05) is 6.54 Å². The Bertz CT molecular complexity index is 609. The molecule has 1 saturated carbocycles. The average Bonchev–Trinajstić information content (AvgIpc) is 2.57. The molecule has 1 spiro atoms. The third kappa shape index (κ3) is 3.84. The molecule has 25 heavy (non-hydrogen) atoms. The first kappa shape index (κ1) is 18.2. The van der Waals surface area contributed by atoms with E-state index in [-0.39, 0.29) is 29.3 Å². The molecule has 4 heteroatoms. The van der Waals surface area contributed by atoms with Crippen LogP contribution in [0.2, 0.25) is 0 Å². The molecule has 3 rings (SSSR count). The van der Waals surface area contributed by atoms with Crippen LogP contribution in [0.25, 0.3) is 0 Å². The van der Waals surface area contributed by atoms with Gasteiger partial charge in [-0.1, -0.05) is 45.0 Å². The molecule has 1 saturated heterocycles. The van der Waals surface area contributed by atoms with E-state index in [1.54, 1.807) is 0 Å². The summed E-state index contributed by atoms with van der Waals surface area (Å²) < 4.78 is 5.87. The molecule has 1 aromatic carbocycles. The molecule has 1 heterocycles. The zero-order chi connectivity index (χ0) is 18.2. The van der Waals surface area contributed by atoms with E-state index in [0.717, 1.165) is 44.2 Å². The monoisotopic (exact) mass is 345 g/mol. The highest BCUT2D eigenvalue weighted by Gasteiger charge is 2.44. The normalized spacial score (nSPS) is 28.8. The number of rotatable bonds is 2. The summed E-state index contributed by atoms with van der Waals surface area (Å²) in [6.45, 7) is 9.39. The maximum absolute atomic E-state index is 12.6. The average molecular weight is 345 g/mol. The van der Waals surface area contributed by atoms with Gasteiger partial charge in [-0.25, -0.2) is 4.79 Å². The largest absolute Gasteiger partial charge is 0.443 e. The van der Waals surface area contributed by atoms with Crippen LogP contribution in [0, 0.1) is 0 Å². The predicted octanol–water partition coefficient (Wildman–Crippen LogP) is 4.56. The van der Waals surface area contributed by atoms with Gasteiger partial charge in [-0.15, -0.1) is 0 Å². The van der Waals surface area contributed by atoms with E-state index in [0.29, 0.717) is 0 Å².